The fourth-order valence-electron chi connectivity index (χ4n) is 2.98. The maximum atomic E-state index is 5.43. The zero-order valence-electron chi connectivity index (χ0n) is 13.0. The van der Waals surface area contributed by atoms with Crippen molar-refractivity contribution in [2.75, 3.05) is 20.8 Å². The Balaban J connectivity index is 1.96. The molecule has 1 aliphatic carbocycles. The van der Waals surface area contributed by atoms with Crippen molar-refractivity contribution in [3.05, 3.63) is 11.7 Å². The molecular weight excluding hydrogens is 256 g/mol. The SMILES string of the molecule is COCC(OC)c1noc(C2CCC(C(C)C)CC2)n1. The molecule has 20 heavy (non-hydrogen) atoms. The van der Waals surface area contributed by atoms with Crippen LogP contribution in [0.2, 0.25) is 0 Å². The monoisotopic (exact) mass is 282 g/mol. The van der Waals surface area contributed by atoms with Crippen molar-refractivity contribution in [2.45, 2.75) is 51.6 Å². The molecule has 1 atom stereocenters. The third-order valence-corrected chi connectivity index (χ3v) is 4.41. The van der Waals surface area contributed by atoms with Crippen LogP contribution in [-0.2, 0) is 9.47 Å². The van der Waals surface area contributed by atoms with Crippen molar-refractivity contribution in [1.82, 2.24) is 10.1 Å². The summed E-state index contributed by atoms with van der Waals surface area (Å²) in [6, 6.07) is 0. The quantitative estimate of drug-likeness (QED) is 0.801. The highest BCUT2D eigenvalue weighted by atomic mass is 16.5. The van der Waals surface area contributed by atoms with E-state index in [0.717, 1.165) is 30.6 Å². The zero-order valence-corrected chi connectivity index (χ0v) is 13.0. The van der Waals surface area contributed by atoms with Gasteiger partial charge in [0.25, 0.3) is 0 Å². The Morgan fingerprint density at radius 3 is 2.45 bits per heavy atom. The zero-order chi connectivity index (χ0) is 14.5. The Hall–Kier alpha value is -0.940. The van der Waals surface area contributed by atoms with Gasteiger partial charge >= 0.3 is 0 Å². The van der Waals surface area contributed by atoms with Crippen molar-refractivity contribution in [1.29, 1.82) is 0 Å². The molecule has 1 aromatic rings. The minimum atomic E-state index is -0.246. The van der Waals surface area contributed by atoms with Crippen LogP contribution >= 0.6 is 0 Å². The average Bonchev–Trinajstić information content (AvgIpc) is 2.94. The molecule has 2 rings (SSSR count). The van der Waals surface area contributed by atoms with Gasteiger partial charge in [-0.25, -0.2) is 0 Å². The van der Waals surface area contributed by atoms with Crippen molar-refractivity contribution in [3.8, 4) is 0 Å². The molecule has 1 fully saturated rings. The van der Waals surface area contributed by atoms with Gasteiger partial charge in [-0.1, -0.05) is 19.0 Å². The molecule has 1 saturated carbocycles. The number of methoxy groups -OCH3 is 2. The van der Waals surface area contributed by atoms with Crippen LogP contribution in [0, 0.1) is 11.8 Å². The van der Waals surface area contributed by atoms with Crippen LogP contribution < -0.4 is 0 Å². The summed E-state index contributed by atoms with van der Waals surface area (Å²) in [5.41, 5.74) is 0. The largest absolute Gasteiger partial charge is 0.381 e. The fraction of sp³-hybridized carbons (Fsp3) is 0.867. The highest BCUT2D eigenvalue weighted by Crippen LogP contribution is 2.38. The molecule has 0 bridgehead atoms. The lowest BCUT2D eigenvalue weighted by molar-refractivity contribution is 0.0209. The van der Waals surface area contributed by atoms with Crippen molar-refractivity contribution in [2.24, 2.45) is 11.8 Å². The summed E-state index contributed by atoms with van der Waals surface area (Å²) in [4.78, 5) is 4.51. The number of hydrogen-bond donors (Lipinski definition) is 0. The summed E-state index contributed by atoms with van der Waals surface area (Å²) in [6.07, 6.45) is 4.56. The summed E-state index contributed by atoms with van der Waals surface area (Å²) in [5, 5.41) is 4.04. The Kier molecular flexibility index (Phi) is 5.54. The van der Waals surface area contributed by atoms with E-state index in [4.69, 9.17) is 14.0 Å². The number of nitrogens with zero attached hydrogens (tertiary/aromatic N) is 2. The molecule has 0 amide bonds. The molecule has 0 aromatic carbocycles. The second-order valence-electron chi connectivity index (χ2n) is 6.03. The van der Waals surface area contributed by atoms with Gasteiger partial charge in [0.1, 0.15) is 6.10 Å². The first-order chi connectivity index (χ1) is 9.65. The Labute approximate surface area is 121 Å². The van der Waals surface area contributed by atoms with Gasteiger partial charge in [0.05, 0.1) is 6.61 Å². The second-order valence-corrected chi connectivity index (χ2v) is 6.03. The minimum absolute atomic E-state index is 0.246. The maximum absolute atomic E-state index is 5.43. The van der Waals surface area contributed by atoms with Crippen LogP contribution in [0.25, 0.3) is 0 Å². The number of hydrogen-bond acceptors (Lipinski definition) is 5. The maximum Gasteiger partial charge on any atom is 0.229 e. The van der Waals surface area contributed by atoms with Gasteiger partial charge in [-0.15, -0.1) is 0 Å². The highest BCUT2D eigenvalue weighted by Gasteiger charge is 2.28. The van der Waals surface area contributed by atoms with Crippen molar-refractivity contribution < 1.29 is 14.0 Å². The standard InChI is InChI=1S/C15H26N2O3/c1-10(2)11-5-7-12(8-6-11)15-16-14(17-20-15)13(19-4)9-18-3/h10-13H,5-9H2,1-4H3. The molecule has 0 spiro atoms. The third-order valence-electron chi connectivity index (χ3n) is 4.41. The molecular formula is C15H26N2O3. The average molecular weight is 282 g/mol. The third kappa shape index (κ3) is 3.58. The normalized spacial score (nSPS) is 25.1. The van der Waals surface area contributed by atoms with Gasteiger partial charge in [0.2, 0.25) is 11.7 Å². The molecule has 1 heterocycles. The highest BCUT2D eigenvalue weighted by molar-refractivity contribution is 4.98. The van der Waals surface area contributed by atoms with E-state index < -0.39 is 0 Å². The lowest BCUT2D eigenvalue weighted by atomic mass is 9.77. The summed E-state index contributed by atoms with van der Waals surface area (Å²) in [6.45, 7) is 5.06. The van der Waals surface area contributed by atoms with E-state index >= 15 is 0 Å². The first kappa shape index (κ1) is 15.4. The van der Waals surface area contributed by atoms with E-state index in [1.165, 1.54) is 12.8 Å². The smallest absolute Gasteiger partial charge is 0.229 e. The predicted octanol–water partition coefficient (Wildman–Crippen LogP) is 3.33. The fourth-order valence-corrected chi connectivity index (χ4v) is 2.98. The molecule has 0 radical (unpaired) electrons. The molecule has 114 valence electrons. The van der Waals surface area contributed by atoms with Gasteiger partial charge in [-0.2, -0.15) is 4.98 Å². The first-order valence-corrected chi connectivity index (χ1v) is 7.51. The molecule has 1 aromatic heterocycles. The first-order valence-electron chi connectivity index (χ1n) is 7.51. The molecule has 1 unspecified atom stereocenters. The van der Waals surface area contributed by atoms with Gasteiger partial charge in [-0.3, -0.25) is 0 Å². The molecule has 5 nitrogen and oxygen atoms in total. The van der Waals surface area contributed by atoms with E-state index in [1.807, 2.05) is 0 Å². The van der Waals surface area contributed by atoms with Crippen molar-refractivity contribution >= 4 is 0 Å². The van der Waals surface area contributed by atoms with E-state index in [9.17, 15) is 0 Å². The summed E-state index contributed by atoms with van der Waals surface area (Å²) >= 11 is 0. The van der Waals surface area contributed by atoms with Crippen LogP contribution in [-0.4, -0.2) is 31.0 Å². The number of rotatable bonds is 6. The van der Waals surface area contributed by atoms with Crippen LogP contribution in [0.5, 0.6) is 0 Å². The van der Waals surface area contributed by atoms with Gasteiger partial charge in [0, 0.05) is 20.1 Å². The lowest BCUT2D eigenvalue weighted by Crippen LogP contribution is -2.18. The second kappa shape index (κ2) is 7.18. The molecule has 1 aliphatic rings. The number of ether oxygens (including phenoxy) is 2. The molecule has 0 saturated heterocycles. The number of aromatic nitrogens is 2. The van der Waals surface area contributed by atoms with Gasteiger partial charge < -0.3 is 14.0 Å². The predicted molar refractivity (Wildman–Crippen MR) is 75.5 cm³/mol. The van der Waals surface area contributed by atoms with E-state index in [1.54, 1.807) is 14.2 Å². The Bertz CT molecular complexity index is 398. The summed E-state index contributed by atoms with van der Waals surface area (Å²) in [5.74, 6) is 3.38. The van der Waals surface area contributed by atoms with Crippen molar-refractivity contribution in [3.63, 3.8) is 0 Å². The van der Waals surface area contributed by atoms with Gasteiger partial charge in [-0.05, 0) is 37.5 Å². The lowest BCUT2D eigenvalue weighted by Gasteiger charge is -2.28. The minimum Gasteiger partial charge on any atom is -0.381 e. The topological polar surface area (TPSA) is 57.4 Å². The molecule has 0 aliphatic heterocycles. The van der Waals surface area contributed by atoms with Crippen LogP contribution in [0.3, 0.4) is 0 Å². The molecule has 0 N–H and O–H groups in total. The molecule has 5 heteroatoms. The van der Waals surface area contributed by atoms with E-state index in [2.05, 4.69) is 24.0 Å². The van der Waals surface area contributed by atoms with Crippen LogP contribution in [0.15, 0.2) is 4.52 Å². The van der Waals surface area contributed by atoms with E-state index in [-0.39, 0.29) is 6.10 Å². The summed E-state index contributed by atoms with van der Waals surface area (Å²) in [7, 11) is 3.27. The van der Waals surface area contributed by atoms with Gasteiger partial charge in [0.15, 0.2) is 0 Å². The van der Waals surface area contributed by atoms with Crippen LogP contribution in [0.4, 0.5) is 0 Å². The Morgan fingerprint density at radius 1 is 1.20 bits per heavy atom. The van der Waals surface area contributed by atoms with E-state index in [0.29, 0.717) is 18.3 Å². The Morgan fingerprint density at radius 2 is 1.90 bits per heavy atom. The van der Waals surface area contributed by atoms with Crippen LogP contribution in [0.1, 0.15) is 63.3 Å². The summed E-state index contributed by atoms with van der Waals surface area (Å²) < 4.78 is 15.8.